The number of allylic oxidation sites excluding steroid dienone is 1. The Morgan fingerprint density at radius 2 is 2.27 bits per heavy atom. The second-order valence-electron chi connectivity index (χ2n) is 7.06. The second-order valence-corrected chi connectivity index (χ2v) is 7.06. The lowest BCUT2D eigenvalue weighted by Crippen LogP contribution is -2.41. The highest BCUT2D eigenvalue weighted by Crippen LogP contribution is 2.44. The standard InChI is InChI=1S/C18H27N3O/c1-4-13-7-12(2)9-18(3,10-13)11-17(22)21-14-5-6-15(19)16(20)8-14/h5-6,8,13H,2,4,7,9-11,19-20H2,1,3H3,(H,21,22)/p+1. The van der Waals surface area contributed by atoms with E-state index in [0.717, 1.165) is 37.1 Å². The van der Waals surface area contributed by atoms with Crippen LogP contribution in [0, 0.1) is 11.3 Å². The summed E-state index contributed by atoms with van der Waals surface area (Å²) in [6.45, 7) is 8.58. The van der Waals surface area contributed by atoms with Crippen LogP contribution < -0.4 is 16.8 Å². The van der Waals surface area contributed by atoms with Gasteiger partial charge in [0.25, 0.3) is 0 Å². The van der Waals surface area contributed by atoms with Crippen LogP contribution in [0.25, 0.3) is 0 Å². The number of carbonyl (C=O) groups is 1. The average Bonchev–Trinajstić information content (AvgIpc) is 2.41. The molecule has 1 aromatic rings. The van der Waals surface area contributed by atoms with Crippen molar-refractivity contribution in [3.63, 3.8) is 0 Å². The smallest absolute Gasteiger partial charge is 0.224 e. The number of nitrogen functional groups attached to an aromatic ring is 1. The molecule has 0 saturated heterocycles. The van der Waals surface area contributed by atoms with Gasteiger partial charge in [0.2, 0.25) is 5.91 Å². The molecule has 1 fully saturated rings. The molecule has 22 heavy (non-hydrogen) atoms. The molecule has 1 aliphatic carbocycles. The van der Waals surface area contributed by atoms with Gasteiger partial charge in [0, 0.05) is 18.2 Å². The quantitative estimate of drug-likeness (QED) is 0.589. The Labute approximate surface area is 133 Å². The first-order valence-corrected chi connectivity index (χ1v) is 7.99. The van der Waals surface area contributed by atoms with E-state index in [4.69, 9.17) is 5.73 Å². The second kappa shape index (κ2) is 6.53. The summed E-state index contributed by atoms with van der Waals surface area (Å²) in [4.78, 5) is 12.4. The zero-order chi connectivity index (χ0) is 16.3. The fourth-order valence-corrected chi connectivity index (χ4v) is 3.61. The van der Waals surface area contributed by atoms with Crippen LogP contribution in [0.3, 0.4) is 0 Å². The van der Waals surface area contributed by atoms with Crippen LogP contribution in [-0.2, 0) is 4.79 Å². The van der Waals surface area contributed by atoms with E-state index in [2.05, 4.69) is 31.5 Å². The summed E-state index contributed by atoms with van der Waals surface area (Å²) in [6.07, 6.45) is 4.81. The number of hydrogen-bond acceptors (Lipinski definition) is 2. The number of quaternary nitrogens is 1. The molecule has 2 atom stereocenters. The van der Waals surface area contributed by atoms with E-state index in [-0.39, 0.29) is 11.3 Å². The maximum Gasteiger partial charge on any atom is 0.224 e. The molecule has 4 nitrogen and oxygen atoms in total. The maximum atomic E-state index is 12.4. The highest BCUT2D eigenvalue weighted by molar-refractivity contribution is 5.92. The van der Waals surface area contributed by atoms with Gasteiger partial charge in [-0.25, -0.2) is 0 Å². The zero-order valence-electron chi connectivity index (χ0n) is 13.7. The van der Waals surface area contributed by atoms with Crippen molar-refractivity contribution in [2.45, 2.75) is 46.0 Å². The van der Waals surface area contributed by atoms with Crippen molar-refractivity contribution >= 4 is 23.0 Å². The number of benzene rings is 1. The van der Waals surface area contributed by atoms with Gasteiger partial charge in [-0.3, -0.25) is 4.79 Å². The molecule has 1 saturated carbocycles. The molecule has 2 unspecified atom stereocenters. The first-order valence-electron chi connectivity index (χ1n) is 7.99. The van der Waals surface area contributed by atoms with E-state index in [1.54, 1.807) is 6.07 Å². The molecule has 0 aliphatic heterocycles. The largest absolute Gasteiger partial charge is 0.394 e. The summed E-state index contributed by atoms with van der Waals surface area (Å²) in [7, 11) is 0. The minimum absolute atomic E-state index is 0.0118. The zero-order valence-corrected chi connectivity index (χ0v) is 13.7. The Kier molecular flexibility index (Phi) is 4.91. The molecule has 1 amide bonds. The van der Waals surface area contributed by atoms with Crippen LogP contribution in [-0.4, -0.2) is 5.91 Å². The number of hydrogen-bond donors (Lipinski definition) is 3. The number of carbonyl (C=O) groups excluding carboxylic acids is 1. The monoisotopic (exact) mass is 302 g/mol. The number of nitrogens with two attached hydrogens (primary N) is 1. The first kappa shape index (κ1) is 16.6. The van der Waals surface area contributed by atoms with E-state index in [1.165, 1.54) is 5.57 Å². The average molecular weight is 302 g/mol. The van der Waals surface area contributed by atoms with Crippen LogP contribution in [0.1, 0.15) is 46.0 Å². The van der Waals surface area contributed by atoms with Crippen molar-refractivity contribution in [2.75, 3.05) is 11.1 Å². The molecule has 0 spiro atoms. The Morgan fingerprint density at radius 1 is 1.55 bits per heavy atom. The lowest BCUT2D eigenvalue weighted by molar-refractivity contribution is -0.253. The van der Waals surface area contributed by atoms with Gasteiger partial charge < -0.3 is 16.8 Å². The first-order chi connectivity index (χ1) is 10.3. The normalized spacial score (nSPS) is 25.0. The third-order valence-electron chi connectivity index (χ3n) is 4.63. The van der Waals surface area contributed by atoms with Crippen LogP contribution >= 0.6 is 0 Å². The van der Waals surface area contributed by atoms with Gasteiger partial charge in [-0.05, 0) is 42.7 Å². The highest BCUT2D eigenvalue weighted by atomic mass is 16.1. The van der Waals surface area contributed by atoms with Gasteiger partial charge >= 0.3 is 0 Å². The van der Waals surface area contributed by atoms with Gasteiger partial charge in [0.1, 0.15) is 0 Å². The summed E-state index contributed by atoms with van der Waals surface area (Å²) in [6, 6.07) is 5.42. The number of amides is 1. The van der Waals surface area contributed by atoms with Crippen molar-refractivity contribution in [1.29, 1.82) is 0 Å². The van der Waals surface area contributed by atoms with E-state index in [0.29, 0.717) is 18.0 Å². The predicted octanol–water partition coefficient (Wildman–Crippen LogP) is 3.24. The third kappa shape index (κ3) is 4.10. The van der Waals surface area contributed by atoms with E-state index >= 15 is 0 Å². The summed E-state index contributed by atoms with van der Waals surface area (Å²) < 4.78 is 0. The van der Waals surface area contributed by atoms with Crippen molar-refractivity contribution in [2.24, 2.45) is 11.3 Å². The number of nitrogens with one attached hydrogen (secondary N) is 1. The highest BCUT2D eigenvalue weighted by Gasteiger charge is 2.35. The molecule has 120 valence electrons. The summed E-state index contributed by atoms with van der Waals surface area (Å²) >= 11 is 0. The van der Waals surface area contributed by atoms with Crippen LogP contribution in [0.4, 0.5) is 17.1 Å². The van der Waals surface area contributed by atoms with E-state index in [1.807, 2.05) is 12.1 Å². The van der Waals surface area contributed by atoms with E-state index in [9.17, 15) is 4.79 Å². The molecule has 6 N–H and O–H groups in total. The Bertz CT molecular complexity index is 582. The third-order valence-corrected chi connectivity index (χ3v) is 4.63. The Hall–Kier alpha value is -1.81. The van der Waals surface area contributed by atoms with Gasteiger partial charge in [-0.15, -0.1) is 0 Å². The molecular weight excluding hydrogens is 274 g/mol. The van der Waals surface area contributed by atoms with Crippen LogP contribution in [0.2, 0.25) is 0 Å². The summed E-state index contributed by atoms with van der Waals surface area (Å²) in [5.74, 6) is 0.698. The van der Waals surface area contributed by atoms with Crippen molar-refractivity contribution in [3.05, 3.63) is 30.4 Å². The van der Waals surface area contributed by atoms with Gasteiger partial charge in [0.15, 0.2) is 5.69 Å². The van der Waals surface area contributed by atoms with E-state index < -0.39 is 0 Å². The van der Waals surface area contributed by atoms with Crippen molar-refractivity contribution in [1.82, 2.24) is 0 Å². The van der Waals surface area contributed by atoms with Crippen LogP contribution in [0.5, 0.6) is 0 Å². The lowest BCUT2D eigenvalue weighted by Gasteiger charge is -2.38. The molecule has 0 bridgehead atoms. The number of anilines is 2. The van der Waals surface area contributed by atoms with Gasteiger partial charge in [-0.1, -0.05) is 32.4 Å². The van der Waals surface area contributed by atoms with Crippen LogP contribution in [0.15, 0.2) is 30.4 Å². The Morgan fingerprint density at radius 3 is 2.91 bits per heavy atom. The number of rotatable bonds is 4. The molecule has 1 aliphatic rings. The van der Waals surface area contributed by atoms with Gasteiger partial charge in [-0.2, -0.15) is 0 Å². The fraction of sp³-hybridized carbons (Fsp3) is 0.500. The molecule has 0 aromatic heterocycles. The molecular formula is C18H28N3O+. The van der Waals surface area contributed by atoms with Gasteiger partial charge in [0.05, 0.1) is 5.69 Å². The SMILES string of the molecule is C=C1CC(CC)CC(C)(CC(=O)Nc2ccc([NH3+])c(N)c2)C1. The molecule has 0 heterocycles. The topological polar surface area (TPSA) is 82.8 Å². The minimum Gasteiger partial charge on any atom is -0.394 e. The minimum atomic E-state index is 0.0118. The fourth-order valence-electron chi connectivity index (χ4n) is 3.61. The van der Waals surface area contributed by atoms with Crippen molar-refractivity contribution in [3.8, 4) is 0 Å². The Balaban J connectivity index is 2.01. The molecule has 4 heteroatoms. The lowest BCUT2D eigenvalue weighted by atomic mass is 9.67. The molecule has 0 radical (unpaired) electrons. The summed E-state index contributed by atoms with van der Waals surface area (Å²) in [5, 5.41) is 2.95. The maximum absolute atomic E-state index is 12.4. The van der Waals surface area contributed by atoms with Crippen molar-refractivity contribution < 1.29 is 10.5 Å². The summed E-state index contributed by atoms with van der Waals surface area (Å²) in [5.41, 5.74) is 13.1. The molecule has 1 aromatic carbocycles. The molecule has 2 rings (SSSR count). The predicted molar refractivity (Wildman–Crippen MR) is 91.5 cm³/mol.